The number of rotatable bonds is 5. The minimum Gasteiger partial charge on any atom is -0.326 e. The Bertz CT molecular complexity index is 470. The summed E-state index contributed by atoms with van der Waals surface area (Å²) >= 11 is 9.30. The summed E-state index contributed by atoms with van der Waals surface area (Å²) in [6.45, 7) is 2.11. The lowest BCUT2D eigenvalue weighted by atomic mass is 10.0. The van der Waals surface area contributed by atoms with Crippen molar-refractivity contribution in [3.63, 3.8) is 0 Å². The lowest BCUT2D eigenvalue weighted by Gasteiger charge is -2.21. The van der Waals surface area contributed by atoms with Crippen LogP contribution in [0.5, 0.6) is 0 Å². The number of nitrogens with two attached hydrogens (primary N) is 1. The molecule has 0 saturated carbocycles. The third-order valence-corrected chi connectivity index (χ3v) is 5.27. The second-order valence-electron chi connectivity index (χ2n) is 3.96. The molecule has 0 aliphatic heterocycles. The van der Waals surface area contributed by atoms with Gasteiger partial charge in [-0.25, -0.2) is 4.98 Å². The molecule has 2 nitrogen and oxygen atoms in total. The number of benzene rings is 1. The first-order valence-electron chi connectivity index (χ1n) is 5.78. The molecule has 2 unspecified atom stereocenters. The number of hydrogen-bond donors (Lipinski definition) is 1. The van der Waals surface area contributed by atoms with Crippen LogP contribution >= 0.6 is 34.7 Å². The van der Waals surface area contributed by atoms with E-state index in [-0.39, 0.29) is 11.3 Å². The van der Waals surface area contributed by atoms with E-state index in [0.29, 0.717) is 0 Å². The van der Waals surface area contributed by atoms with Gasteiger partial charge in [-0.05, 0) is 24.1 Å². The minimum atomic E-state index is 0.111. The van der Waals surface area contributed by atoms with Crippen molar-refractivity contribution in [2.45, 2.75) is 29.0 Å². The number of halogens is 1. The van der Waals surface area contributed by atoms with Crippen LogP contribution < -0.4 is 5.73 Å². The van der Waals surface area contributed by atoms with E-state index in [2.05, 4.69) is 11.9 Å². The summed E-state index contributed by atoms with van der Waals surface area (Å²) in [5.41, 5.74) is 7.43. The van der Waals surface area contributed by atoms with Gasteiger partial charge < -0.3 is 5.73 Å². The average Bonchev–Trinajstić information content (AvgIpc) is 2.89. The largest absolute Gasteiger partial charge is 0.326 e. The van der Waals surface area contributed by atoms with E-state index in [1.807, 2.05) is 35.8 Å². The van der Waals surface area contributed by atoms with Crippen molar-refractivity contribution >= 4 is 34.7 Å². The van der Waals surface area contributed by atoms with Gasteiger partial charge in [0.05, 0.1) is 5.25 Å². The summed E-state index contributed by atoms with van der Waals surface area (Å²) in [4.78, 5) is 4.32. The average molecular weight is 299 g/mol. The Hall–Kier alpha value is -0.550. The molecule has 96 valence electrons. The van der Waals surface area contributed by atoms with Crippen LogP contribution in [0.15, 0.2) is 40.2 Å². The third-order valence-electron chi connectivity index (χ3n) is 2.70. The summed E-state index contributed by atoms with van der Waals surface area (Å²) in [7, 11) is 0. The molecule has 0 saturated heterocycles. The third kappa shape index (κ3) is 3.48. The highest BCUT2D eigenvalue weighted by molar-refractivity contribution is 8.01. The molecule has 2 aromatic rings. The van der Waals surface area contributed by atoms with Gasteiger partial charge in [0.15, 0.2) is 0 Å². The van der Waals surface area contributed by atoms with Crippen LogP contribution in [0.4, 0.5) is 0 Å². The van der Waals surface area contributed by atoms with Crippen molar-refractivity contribution in [3.05, 3.63) is 46.4 Å². The molecule has 0 spiro atoms. The van der Waals surface area contributed by atoms with Crippen molar-refractivity contribution in [2.24, 2.45) is 5.73 Å². The normalized spacial score (nSPS) is 14.4. The van der Waals surface area contributed by atoms with Crippen molar-refractivity contribution in [1.82, 2.24) is 4.98 Å². The Labute approximate surface area is 121 Å². The molecule has 1 aromatic carbocycles. The van der Waals surface area contributed by atoms with Crippen LogP contribution in [0.25, 0.3) is 0 Å². The Morgan fingerprint density at radius 1 is 1.39 bits per heavy atom. The summed E-state index contributed by atoms with van der Waals surface area (Å²) in [6.07, 6.45) is 2.76. The second kappa shape index (κ2) is 6.57. The summed E-state index contributed by atoms with van der Waals surface area (Å²) < 4.78 is 1.05. The summed E-state index contributed by atoms with van der Waals surface area (Å²) in [6, 6.07) is 8.02. The van der Waals surface area contributed by atoms with Gasteiger partial charge in [-0.3, -0.25) is 0 Å². The van der Waals surface area contributed by atoms with E-state index in [1.165, 1.54) is 5.56 Å². The van der Waals surface area contributed by atoms with E-state index in [1.54, 1.807) is 23.1 Å². The fourth-order valence-corrected chi connectivity index (χ4v) is 3.83. The lowest BCUT2D eigenvalue weighted by Crippen LogP contribution is -2.25. The Kier molecular flexibility index (Phi) is 5.06. The van der Waals surface area contributed by atoms with Crippen LogP contribution in [-0.2, 0) is 0 Å². The van der Waals surface area contributed by atoms with Crippen molar-refractivity contribution in [1.29, 1.82) is 0 Å². The predicted molar refractivity (Wildman–Crippen MR) is 80.4 cm³/mol. The molecule has 2 N–H and O–H groups in total. The van der Waals surface area contributed by atoms with Gasteiger partial charge in [-0.1, -0.05) is 42.4 Å². The van der Waals surface area contributed by atoms with Crippen LogP contribution in [0, 0.1) is 0 Å². The van der Waals surface area contributed by atoms with Crippen molar-refractivity contribution in [2.75, 3.05) is 0 Å². The quantitative estimate of drug-likeness (QED) is 0.833. The van der Waals surface area contributed by atoms with Crippen molar-refractivity contribution < 1.29 is 0 Å². The minimum absolute atomic E-state index is 0.111. The predicted octanol–water partition coefficient (Wildman–Crippen LogP) is 4.37. The zero-order valence-corrected chi connectivity index (χ0v) is 12.4. The van der Waals surface area contributed by atoms with Crippen LogP contribution in [0.3, 0.4) is 0 Å². The number of aromatic nitrogens is 1. The van der Waals surface area contributed by atoms with Gasteiger partial charge in [0.1, 0.15) is 4.34 Å². The number of thioether (sulfide) groups is 1. The maximum absolute atomic E-state index is 6.23. The monoisotopic (exact) mass is 298 g/mol. The van der Waals surface area contributed by atoms with Crippen molar-refractivity contribution in [3.8, 4) is 0 Å². The highest BCUT2D eigenvalue weighted by Gasteiger charge is 2.20. The van der Waals surface area contributed by atoms with Gasteiger partial charge >= 0.3 is 0 Å². The molecule has 2 atom stereocenters. The first-order valence-corrected chi connectivity index (χ1v) is 7.91. The Balaban J connectivity index is 2.22. The molecule has 1 heterocycles. The van der Waals surface area contributed by atoms with Crippen LogP contribution in [0.1, 0.15) is 24.2 Å². The molecule has 0 radical (unpaired) electrons. The molecule has 1 aromatic heterocycles. The summed E-state index contributed by atoms with van der Waals surface area (Å²) in [5.74, 6) is 0. The molecular weight excluding hydrogens is 284 g/mol. The Morgan fingerprint density at radius 2 is 2.11 bits per heavy atom. The van der Waals surface area contributed by atoms with Gasteiger partial charge in [-0.2, -0.15) is 0 Å². The molecule has 0 aliphatic rings. The lowest BCUT2D eigenvalue weighted by molar-refractivity contribution is 0.634. The van der Waals surface area contributed by atoms with Gasteiger partial charge in [0.25, 0.3) is 0 Å². The highest BCUT2D eigenvalue weighted by atomic mass is 35.5. The Morgan fingerprint density at radius 3 is 2.67 bits per heavy atom. The molecule has 0 fully saturated rings. The fraction of sp³-hybridized carbons (Fsp3) is 0.308. The zero-order valence-electron chi connectivity index (χ0n) is 10.0. The van der Waals surface area contributed by atoms with Gasteiger partial charge in [0.2, 0.25) is 0 Å². The number of nitrogens with zero attached hydrogens (tertiary/aromatic N) is 1. The molecule has 5 heteroatoms. The van der Waals surface area contributed by atoms with E-state index in [4.69, 9.17) is 17.3 Å². The van der Waals surface area contributed by atoms with E-state index >= 15 is 0 Å². The SMILES string of the molecule is CCC(N)C(Sc1nccs1)c1ccc(Cl)cc1. The van der Waals surface area contributed by atoms with Gasteiger partial charge in [0, 0.05) is 22.6 Å². The molecule has 18 heavy (non-hydrogen) atoms. The first-order chi connectivity index (χ1) is 8.70. The molecule has 2 rings (SSSR count). The first kappa shape index (κ1) is 13.9. The molecule has 0 amide bonds. The standard InChI is InChI=1S/C13H15ClN2S2/c1-2-11(15)12(18-13-16-7-8-17-13)9-3-5-10(14)6-4-9/h3-8,11-12H,2,15H2,1H3. The topological polar surface area (TPSA) is 38.9 Å². The number of hydrogen-bond acceptors (Lipinski definition) is 4. The second-order valence-corrected chi connectivity index (χ2v) is 6.68. The number of thiazole rings is 1. The zero-order chi connectivity index (χ0) is 13.0. The smallest absolute Gasteiger partial charge is 0.150 e. The van der Waals surface area contributed by atoms with E-state index in [0.717, 1.165) is 15.8 Å². The van der Waals surface area contributed by atoms with Gasteiger partial charge in [-0.15, -0.1) is 11.3 Å². The fourth-order valence-electron chi connectivity index (χ4n) is 1.65. The molecular formula is C13H15ClN2S2. The van der Waals surface area contributed by atoms with E-state index in [9.17, 15) is 0 Å². The van der Waals surface area contributed by atoms with Crippen LogP contribution in [0.2, 0.25) is 5.02 Å². The highest BCUT2D eigenvalue weighted by Crippen LogP contribution is 2.39. The van der Waals surface area contributed by atoms with E-state index < -0.39 is 0 Å². The maximum atomic E-state index is 6.23. The molecule has 0 aliphatic carbocycles. The summed E-state index contributed by atoms with van der Waals surface area (Å²) in [5, 5.41) is 2.96. The maximum Gasteiger partial charge on any atom is 0.150 e. The van der Waals surface area contributed by atoms with Crippen LogP contribution in [-0.4, -0.2) is 11.0 Å². The molecule has 0 bridgehead atoms.